The van der Waals surface area contributed by atoms with Crippen molar-refractivity contribution in [1.29, 1.82) is 0 Å². The van der Waals surface area contributed by atoms with Crippen molar-refractivity contribution in [2.45, 2.75) is 24.1 Å². The highest BCUT2D eigenvalue weighted by molar-refractivity contribution is 8.16. The molecule has 1 amide bonds. The molecule has 1 aromatic carbocycles. The Balaban J connectivity index is 1.69. The summed E-state index contributed by atoms with van der Waals surface area (Å²) in [7, 11) is 0.913. The van der Waals surface area contributed by atoms with E-state index in [1.54, 1.807) is 0 Å². The topological polar surface area (TPSA) is 70.0 Å². The Morgan fingerprint density at radius 2 is 1.88 bits per heavy atom. The molecule has 2 aliphatic heterocycles. The van der Waals surface area contributed by atoms with E-state index in [2.05, 4.69) is 4.99 Å². The van der Waals surface area contributed by atoms with Crippen LogP contribution in [0.4, 0.5) is 11.4 Å². The summed E-state index contributed by atoms with van der Waals surface area (Å²) in [6.45, 7) is 0. The molecule has 3 fully saturated rings. The number of nitrogens with zero attached hydrogens (tertiary/aromatic N) is 3. The summed E-state index contributed by atoms with van der Waals surface area (Å²) < 4.78 is 24.1. The fourth-order valence-corrected chi connectivity index (χ4v) is 7.21. The van der Waals surface area contributed by atoms with Crippen molar-refractivity contribution in [3.05, 3.63) is 24.3 Å². The van der Waals surface area contributed by atoms with Gasteiger partial charge in [0.15, 0.2) is 15.0 Å². The lowest BCUT2D eigenvalue weighted by atomic mass is 10.2. The fraction of sp³-hybridized carbons (Fsp3) is 0.529. The van der Waals surface area contributed by atoms with Crippen molar-refractivity contribution in [2.24, 2.45) is 10.9 Å². The number of carbonyl (C=O) groups is 1. The number of amidine groups is 1. The molecular formula is C17H21N3O3S2. The van der Waals surface area contributed by atoms with Crippen LogP contribution in [0.25, 0.3) is 0 Å². The minimum atomic E-state index is -3.03. The third kappa shape index (κ3) is 3.29. The van der Waals surface area contributed by atoms with Gasteiger partial charge in [0.25, 0.3) is 5.91 Å². The second-order valence-corrected chi connectivity index (χ2v) is 10.4. The lowest BCUT2D eigenvalue weighted by Gasteiger charge is -2.25. The van der Waals surface area contributed by atoms with Gasteiger partial charge >= 0.3 is 0 Å². The Morgan fingerprint density at radius 1 is 1.20 bits per heavy atom. The maximum atomic E-state index is 12.2. The zero-order valence-electron chi connectivity index (χ0n) is 14.3. The Bertz CT molecular complexity index is 829. The molecule has 4 rings (SSSR count). The molecule has 2 heterocycles. The molecule has 134 valence electrons. The highest BCUT2D eigenvalue weighted by Gasteiger charge is 2.49. The molecule has 1 aromatic rings. The average molecular weight is 380 g/mol. The van der Waals surface area contributed by atoms with E-state index in [9.17, 15) is 13.2 Å². The molecule has 0 radical (unpaired) electrons. The molecule has 2 saturated heterocycles. The van der Waals surface area contributed by atoms with Gasteiger partial charge in [0.2, 0.25) is 0 Å². The minimum absolute atomic E-state index is 0.0516. The highest BCUT2D eigenvalue weighted by atomic mass is 32.2. The Labute approximate surface area is 152 Å². The quantitative estimate of drug-likeness (QED) is 0.797. The van der Waals surface area contributed by atoms with E-state index in [-0.39, 0.29) is 34.6 Å². The van der Waals surface area contributed by atoms with Gasteiger partial charge in [-0.05, 0) is 37.1 Å². The van der Waals surface area contributed by atoms with Gasteiger partial charge < -0.3 is 9.80 Å². The predicted octanol–water partition coefficient (Wildman–Crippen LogP) is 1.76. The molecule has 25 heavy (non-hydrogen) atoms. The van der Waals surface area contributed by atoms with Crippen LogP contribution >= 0.6 is 11.8 Å². The summed E-state index contributed by atoms with van der Waals surface area (Å²) in [5.41, 5.74) is 1.96. The largest absolute Gasteiger partial charge is 0.378 e. The molecule has 1 saturated carbocycles. The monoisotopic (exact) mass is 379 g/mol. The Hall–Kier alpha value is -1.54. The smallest absolute Gasteiger partial charge is 0.251 e. The molecule has 8 heteroatoms. The first-order valence-electron chi connectivity index (χ1n) is 8.40. The number of aliphatic imine (C=N–C) groups is 1. The van der Waals surface area contributed by atoms with Crippen LogP contribution in [0.1, 0.15) is 12.8 Å². The number of thioether (sulfide) groups is 1. The van der Waals surface area contributed by atoms with E-state index in [4.69, 9.17) is 0 Å². The van der Waals surface area contributed by atoms with Gasteiger partial charge in [-0.15, -0.1) is 0 Å². The molecule has 3 aliphatic rings. The van der Waals surface area contributed by atoms with Gasteiger partial charge in [-0.3, -0.25) is 4.79 Å². The maximum absolute atomic E-state index is 12.2. The summed E-state index contributed by atoms with van der Waals surface area (Å²) in [6, 6.07) is 7.79. The minimum Gasteiger partial charge on any atom is -0.378 e. The number of rotatable bonds is 3. The van der Waals surface area contributed by atoms with E-state index in [0.29, 0.717) is 5.17 Å². The molecule has 0 aromatic heterocycles. The van der Waals surface area contributed by atoms with Crippen molar-refractivity contribution in [1.82, 2.24) is 0 Å². The first-order valence-corrected chi connectivity index (χ1v) is 11.1. The van der Waals surface area contributed by atoms with Crippen molar-refractivity contribution in [3.63, 3.8) is 0 Å². The van der Waals surface area contributed by atoms with Crippen molar-refractivity contribution in [3.8, 4) is 0 Å². The van der Waals surface area contributed by atoms with Crippen LogP contribution in [-0.2, 0) is 14.6 Å². The molecule has 6 nitrogen and oxygen atoms in total. The number of carbonyl (C=O) groups excluding carboxylic acids is 1. The van der Waals surface area contributed by atoms with Crippen LogP contribution in [0.3, 0.4) is 0 Å². The lowest BCUT2D eigenvalue weighted by molar-refractivity contribution is -0.118. The number of anilines is 2. The van der Waals surface area contributed by atoms with Gasteiger partial charge in [0.1, 0.15) is 0 Å². The molecular weight excluding hydrogens is 358 g/mol. The summed E-state index contributed by atoms with van der Waals surface area (Å²) in [5, 5.41) is 0.601. The van der Waals surface area contributed by atoms with Gasteiger partial charge in [-0.25, -0.2) is 8.42 Å². The molecule has 0 unspecified atom stereocenters. The first kappa shape index (κ1) is 16.9. The van der Waals surface area contributed by atoms with Gasteiger partial charge in [0, 0.05) is 36.6 Å². The van der Waals surface area contributed by atoms with Gasteiger partial charge in [-0.2, -0.15) is 4.99 Å². The molecule has 1 aliphatic carbocycles. The van der Waals surface area contributed by atoms with Gasteiger partial charge in [0.05, 0.1) is 17.5 Å². The van der Waals surface area contributed by atoms with Crippen LogP contribution in [0.15, 0.2) is 29.3 Å². The van der Waals surface area contributed by atoms with Crippen LogP contribution in [0.2, 0.25) is 0 Å². The molecule has 2 atom stereocenters. The Morgan fingerprint density at radius 3 is 2.48 bits per heavy atom. The van der Waals surface area contributed by atoms with Gasteiger partial charge in [-0.1, -0.05) is 11.8 Å². The second-order valence-electron chi connectivity index (χ2n) is 7.09. The Kier molecular flexibility index (Phi) is 4.07. The predicted molar refractivity (Wildman–Crippen MR) is 102 cm³/mol. The molecule has 0 bridgehead atoms. The van der Waals surface area contributed by atoms with E-state index in [1.165, 1.54) is 11.8 Å². The van der Waals surface area contributed by atoms with Crippen LogP contribution in [0, 0.1) is 5.92 Å². The van der Waals surface area contributed by atoms with E-state index >= 15 is 0 Å². The standard InChI is InChI=1S/C17H21N3O3S2/c1-19(2)12-5-7-13(8-6-12)20-14-9-25(22,23)10-15(14)24-17(20)18-16(21)11-3-4-11/h5-8,11,14-15H,3-4,9-10H2,1-2H3/t14-,15+/m1/s1. The number of hydrogen-bond acceptors (Lipinski definition) is 5. The van der Waals surface area contributed by atoms with Crippen molar-refractivity contribution >= 4 is 44.0 Å². The van der Waals surface area contributed by atoms with Crippen LogP contribution in [0.5, 0.6) is 0 Å². The molecule has 0 spiro atoms. The van der Waals surface area contributed by atoms with Crippen molar-refractivity contribution in [2.75, 3.05) is 35.4 Å². The SMILES string of the molecule is CN(C)c1ccc(N2C(=NC(=O)C3CC3)S[C@H]3CS(=O)(=O)C[C@H]32)cc1. The first-order chi connectivity index (χ1) is 11.8. The molecule has 0 N–H and O–H groups in total. The normalized spacial score (nSPS) is 29.0. The number of hydrogen-bond donors (Lipinski definition) is 0. The van der Waals surface area contributed by atoms with Crippen LogP contribution in [-0.4, -0.2) is 56.4 Å². The third-order valence-electron chi connectivity index (χ3n) is 4.84. The van der Waals surface area contributed by atoms with E-state index < -0.39 is 9.84 Å². The second kappa shape index (κ2) is 6.02. The van der Waals surface area contributed by atoms with E-state index in [1.807, 2.05) is 48.2 Å². The zero-order valence-corrected chi connectivity index (χ0v) is 15.9. The lowest BCUT2D eigenvalue weighted by Crippen LogP contribution is -2.37. The zero-order chi connectivity index (χ0) is 17.8. The van der Waals surface area contributed by atoms with Crippen molar-refractivity contribution < 1.29 is 13.2 Å². The summed E-state index contributed by atoms with van der Waals surface area (Å²) in [5.74, 6) is 0.276. The van der Waals surface area contributed by atoms with E-state index in [0.717, 1.165) is 24.2 Å². The maximum Gasteiger partial charge on any atom is 0.251 e. The third-order valence-corrected chi connectivity index (χ3v) is 8.05. The summed E-state index contributed by atoms with van der Waals surface area (Å²) >= 11 is 1.44. The fourth-order valence-electron chi connectivity index (χ4n) is 3.29. The summed E-state index contributed by atoms with van der Waals surface area (Å²) in [4.78, 5) is 20.5. The van der Waals surface area contributed by atoms with Crippen LogP contribution < -0.4 is 9.80 Å². The highest BCUT2D eigenvalue weighted by Crippen LogP contribution is 2.42. The number of sulfone groups is 1. The summed E-state index contributed by atoms with van der Waals surface area (Å²) in [6.07, 6.45) is 1.83. The number of benzene rings is 1. The average Bonchev–Trinajstić information content (AvgIpc) is 3.28. The number of fused-ring (bicyclic) bond motifs is 1. The number of amides is 1.